The van der Waals surface area contributed by atoms with E-state index in [1.54, 1.807) is 36.4 Å². The molecule has 112 valence electrons. The number of para-hydroxylation sites is 1. The van der Waals surface area contributed by atoms with Gasteiger partial charge in [-0.05, 0) is 30.3 Å². The zero-order valence-electron chi connectivity index (χ0n) is 11.1. The first-order chi connectivity index (χ1) is 10.5. The number of nitro groups is 1. The highest BCUT2D eigenvalue weighted by Crippen LogP contribution is 2.23. The zero-order valence-corrected chi connectivity index (χ0v) is 12.6. The molecule has 2 aromatic carbocycles. The highest BCUT2D eigenvalue weighted by Gasteiger charge is 2.09. The van der Waals surface area contributed by atoms with E-state index >= 15 is 0 Å². The highest BCUT2D eigenvalue weighted by atomic mass is 35.5. The maximum absolute atomic E-state index is 11.8. The normalized spacial score (nSPS) is 10.6. The van der Waals surface area contributed by atoms with Gasteiger partial charge in [-0.1, -0.05) is 35.3 Å². The van der Waals surface area contributed by atoms with Crippen LogP contribution in [0.2, 0.25) is 10.0 Å². The molecule has 22 heavy (non-hydrogen) atoms. The molecule has 2 aromatic rings. The van der Waals surface area contributed by atoms with Crippen LogP contribution in [0.1, 0.15) is 5.56 Å². The Morgan fingerprint density at radius 3 is 2.41 bits per heavy atom. The van der Waals surface area contributed by atoms with Crippen LogP contribution >= 0.6 is 23.2 Å². The van der Waals surface area contributed by atoms with Crippen molar-refractivity contribution in [1.29, 1.82) is 0 Å². The summed E-state index contributed by atoms with van der Waals surface area (Å²) in [5.41, 5.74) is 0.707. The van der Waals surface area contributed by atoms with E-state index < -0.39 is 10.8 Å². The van der Waals surface area contributed by atoms with Gasteiger partial charge in [0.2, 0.25) is 5.91 Å². The van der Waals surface area contributed by atoms with Crippen molar-refractivity contribution < 1.29 is 9.72 Å². The molecule has 0 unspecified atom stereocenters. The SMILES string of the molecule is O=C(/C=C/c1ccccc1[N+](=O)[O-])Nc1cc(Cl)cc(Cl)c1. The lowest BCUT2D eigenvalue weighted by Gasteiger charge is -2.03. The lowest BCUT2D eigenvalue weighted by Crippen LogP contribution is -2.07. The molecule has 0 spiro atoms. The summed E-state index contributed by atoms with van der Waals surface area (Å²) < 4.78 is 0. The average Bonchev–Trinajstić information content (AvgIpc) is 2.44. The van der Waals surface area contributed by atoms with Crippen LogP contribution < -0.4 is 5.32 Å². The quantitative estimate of drug-likeness (QED) is 0.505. The molecular formula is C15H10Cl2N2O3. The second-order valence-corrected chi connectivity index (χ2v) is 5.17. The number of carbonyl (C=O) groups excluding carboxylic acids is 1. The van der Waals surface area contributed by atoms with Gasteiger partial charge >= 0.3 is 0 Å². The van der Waals surface area contributed by atoms with Crippen molar-refractivity contribution in [2.45, 2.75) is 0 Å². The molecule has 0 aliphatic rings. The van der Waals surface area contributed by atoms with Crippen LogP contribution in [0.25, 0.3) is 6.08 Å². The molecule has 0 atom stereocenters. The van der Waals surface area contributed by atoms with Crippen LogP contribution in [0, 0.1) is 10.1 Å². The van der Waals surface area contributed by atoms with Crippen LogP contribution in [-0.4, -0.2) is 10.8 Å². The third kappa shape index (κ3) is 4.31. The van der Waals surface area contributed by atoms with Gasteiger partial charge in [0.15, 0.2) is 0 Å². The Morgan fingerprint density at radius 1 is 1.14 bits per heavy atom. The second-order valence-electron chi connectivity index (χ2n) is 4.30. The van der Waals surface area contributed by atoms with Crippen molar-refractivity contribution in [2.75, 3.05) is 5.32 Å². The summed E-state index contributed by atoms with van der Waals surface area (Å²) >= 11 is 11.7. The molecule has 0 saturated heterocycles. The Hall–Kier alpha value is -2.37. The summed E-state index contributed by atoms with van der Waals surface area (Å²) in [5, 5.41) is 14.2. The smallest absolute Gasteiger partial charge is 0.276 e. The van der Waals surface area contributed by atoms with E-state index in [1.807, 2.05) is 0 Å². The summed E-state index contributed by atoms with van der Waals surface area (Å²) in [5.74, 6) is -0.448. The maximum atomic E-state index is 11.8. The topological polar surface area (TPSA) is 72.2 Å². The largest absolute Gasteiger partial charge is 0.322 e. The lowest BCUT2D eigenvalue weighted by molar-refractivity contribution is -0.385. The number of halogens is 2. The minimum absolute atomic E-state index is 0.0719. The monoisotopic (exact) mass is 336 g/mol. The fraction of sp³-hybridized carbons (Fsp3) is 0. The van der Waals surface area contributed by atoms with E-state index in [-0.39, 0.29) is 5.69 Å². The number of nitro benzene ring substituents is 1. The number of hydrogen-bond acceptors (Lipinski definition) is 3. The number of hydrogen-bond donors (Lipinski definition) is 1. The summed E-state index contributed by atoms with van der Waals surface area (Å²) in [4.78, 5) is 22.2. The standard InChI is InChI=1S/C15H10Cl2N2O3/c16-11-7-12(17)9-13(8-11)18-15(20)6-5-10-3-1-2-4-14(10)19(21)22/h1-9H,(H,18,20)/b6-5+. The van der Waals surface area contributed by atoms with Crippen molar-refractivity contribution in [3.63, 3.8) is 0 Å². The van der Waals surface area contributed by atoms with Gasteiger partial charge in [-0.3, -0.25) is 14.9 Å². The number of carbonyl (C=O) groups is 1. The van der Waals surface area contributed by atoms with Crippen LogP contribution in [-0.2, 0) is 4.79 Å². The van der Waals surface area contributed by atoms with E-state index in [1.165, 1.54) is 18.2 Å². The number of amides is 1. The van der Waals surface area contributed by atoms with Gasteiger partial charge in [0.25, 0.3) is 5.69 Å². The van der Waals surface area contributed by atoms with Crippen molar-refractivity contribution in [3.05, 3.63) is 74.3 Å². The Labute approximate surface area is 136 Å². The van der Waals surface area contributed by atoms with Crippen molar-refractivity contribution >= 4 is 46.6 Å². The molecule has 0 bridgehead atoms. The molecule has 0 saturated carbocycles. The Kier molecular flexibility index (Phi) is 5.14. The molecule has 0 aliphatic carbocycles. The van der Waals surface area contributed by atoms with Crippen LogP contribution in [0.5, 0.6) is 0 Å². The predicted octanol–water partition coefficient (Wildman–Crippen LogP) is 4.55. The minimum Gasteiger partial charge on any atom is -0.322 e. The molecule has 0 aliphatic heterocycles. The third-order valence-corrected chi connectivity index (χ3v) is 3.11. The number of benzene rings is 2. The van der Waals surface area contributed by atoms with Gasteiger partial charge < -0.3 is 5.32 Å². The summed E-state index contributed by atoms with van der Waals surface area (Å²) in [7, 11) is 0. The highest BCUT2D eigenvalue weighted by molar-refractivity contribution is 6.35. The first-order valence-corrected chi connectivity index (χ1v) is 6.90. The van der Waals surface area contributed by atoms with Gasteiger partial charge in [-0.25, -0.2) is 0 Å². The van der Waals surface area contributed by atoms with Gasteiger partial charge in [-0.15, -0.1) is 0 Å². The summed E-state index contributed by atoms with van der Waals surface area (Å²) in [6.07, 6.45) is 2.58. The maximum Gasteiger partial charge on any atom is 0.276 e. The summed E-state index contributed by atoms with van der Waals surface area (Å²) in [6, 6.07) is 10.8. The van der Waals surface area contributed by atoms with Crippen LogP contribution in [0.3, 0.4) is 0 Å². The first-order valence-electron chi connectivity index (χ1n) is 6.14. The number of nitrogens with zero attached hydrogens (tertiary/aromatic N) is 1. The number of nitrogens with one attached hydrogen (secondary N) is 1. The van der Waals surface area contributed by atoms with E-state index in [4.69, 9.17) is 23.2 Å². The first kappa shape index (κ1) is 16.0. The zero-order chi connectivity index (χ0) is 16.1. The molecule has 1 amide bonds. The van der Waals surface area contributed by atoms with Gasteiger partial charge in [0.05, 0.1) is 10.5 Å². The second kappa shape index (κ2) is 7.06. The third-order valence-electron chi connectivity index (χ3n) is 2.68. The van der Waals surface area contributed by atoms with Crippen LogP contribution in [0.15, 0.2) is 48.5 Å². The molecule has 2 rings (SSSR count). The Morgan fingerprint density at radius 2 is 1.77 bits per heavy atom. The molecule has 0 fully saturated rings. The summed E-state index contributed by atoms with van der Waals surface area (Å²) in [6.45, 7) is 0. The van der Waals surface area contributed by atoms with Crippen molar-refractivity contribution in [2.24, 2.45) is 0 Å². The van der Waals surface area contributed by atoms with Gasteiger partial charge in [-0.2, -0.15) is 0 Å². The average molecular weight is 337 g/mol. The van der Waals surface area contributed by atoms with Crippen LogP contribution in [0.4, 0.5) is 11.4 Å². The Balaban J connectivity index is 2.13. The molecule has 0 heterocycles. The van der Waals surface area contributed by atoms with Gasteiger partial charge in [0, 0.05) is 27.9 Å². The molecule has 0 aromatic heterocycles. The number of anilines is 1. The molecule has 1 N–H and O–H groups in total. The minimum atomic E-state index is -0.506. The Bertz CT molecular complexity index is 740. The van der Waals surface area contributed by atoms with Crippen molar-refractivity contribution in [3.8, 4) is 0 Å². The lowest BCUT2D eigenvalue weighted by atomic mass is 10.1. The van der Waals surface area contributed by atoms with E-state index in [9.17, 15) is 14.9 Å². The van der Waals surface area contributed by atoms with E-state index in [0.717, 1.165) is 0 Å². The van der Waals surface area contributed by atoms with Crippen molar-refractivity contribution in [1.82, 2.24) is 0 Å². The van der Waals surface area contributed by atoms with Gasteiger partial charge in [0.1, 0.15) is 0 Å². The molecular weight excluding hydrogens is 327 g/mol. The number of rotatable bonds is 4. The predicted molar refractivity (Wildman–Crippen MR) is 87.2 cm³/mol. The van der Waals surface area contributed by atoms with E-state index in [2.05, 4.69) is 5.32 Å². The molecule has 5 nitrogen and oxygen atoms in total. The molecule has 7 heteroatoms. The van der Waals surface area contributed by atoms with E-state index in [0.29, 0.717) is 21.3 Å². The fourth-order valence-electron chi connectivity index (χ4n) is 1.77. The molecule has 0 radical (unpaired) electrons. The fourth-order valence-corrected chi connectivity index (χ4v) is 2.30.